The smallest absolute Gasteiger partial charge is 0.296 e. The second-order valence-corrected chi connectivity index (χ2v) is 3.82. The van der Waals surface area contributed by atoms with Gasteiger partial charge in [-0.15, -0.1) is 5.10 Å². The fourth-order valence-corrected chi connectivity index (χ4v) is 1.72. The van der Waals surface area contributed by atoms with Crippen LogP contribution < -0.4 is 5.32 Å². The Morgan fingerprint density at radius 2 is 2.35 bits per heavy atom. The number of hydrogen-bond donors (Lipinski definition) is 2. The third-order valence-corrected chi connectivity index (χ3v) is 2.60. The number of nitro benzene ring substituents is 1. The van der Waals surface area contributed by atoms with E-state index in [0.29, 0.717) is 17.9 Å². The summed E-state index contributed by atoms with van der Waals surface area (Å²) in [5.41, 5.74) is 0.867. The molecule has 0 aliphatic heterocycles. The van der Waals surface area contributed by atoms with Gasteiger partial charge in [0.15, 0.2) is 0 Å². The van der Waals surface area contributed by atoms with Gasteiger partial charge in [0, 0.05) is 5.38 Å². The molecule has 1 aromatic carbocycles. The number of phenolic OH excluding ortho intramolecular Hbond substituents is 1. The number of anilines is 1. The Morgan fingerprint density at radius 1 is 1.53 bits per heavy atom. The number of nitrogens with one attached hydrogen (secondary N) is 1. The number of rotatable bonds is 4. The highest BCUT2D eigenvalue weighted by Crippen LogP contribution is 2.28. The molecule has 0 radical (unpaired) electrons. The Labute approximate surface area is 100 Å². The monoisotopic (exact) mass is 252 g/mol. The molecule has 0 saturated heterocycles. The van der Waals surface area contributed by atoms with Crippen LogP contribution in [0.3, 0.4) is 0 Å². The first-order chi connectivity index (χ1) is 8.16. The summed E-state index contributed by atoms with van der Waals surface area (Å²) in [5, 5.41) is 28.4. The van der Waals surface area contributed by atoms with Crippen LogP contribution in [0.4, 0.5) is 11.4 Å². The largest absolute Gasteiger partial charge is 0.508 e. The third-order valence-electron chi connectivity index (χ3n) is 2.04. The maximum absolute atomic E-state index is 10.8. The summed E-state index contributed by atoms with van der Waals surface area (Å²) in [6.07, 6.45) is 0. The topological polar surface area (TPSA) is 101 Å². The first kappa shape index (κ1) is 11.3. The van der Waals surface area contributed by atoms with Crippen molar-refractivity contribution in [2.24, 2.45) is 0 Å². The van der Waals surface area contributed by atoms with E-state index in [4.69, 9.17) is 0 Å². The zero-order valence-corrected chi connectivity index (χ0v) is 9.35. The molecule has 0 bridgehead atoms. The van der Waals surface area contributed by atoms with Crippen LogP contribution in [0.25, 0.3) is 0 Å². The molecule has 17 heavy (non-hydrogen) atoms. The standard InChI is InChI=1S/C9H8N4O3S/c14-7-1-2-8(9(3-7)13(15)16)10-4-6-5-17-12-11-6/h1-3,5,10,14H,4H2. The maximum Gasteiger partial charge on any atom is 0.296 e. The van der Waals surface area contributed by atoms with Gasteiger partial charge < -0.3 is 10.4 Å². The molecule has 0 spiro atoms. The fraction of sp³-hybridized carbons (Fsp3) is 0.111. The highest BCUT2D eigenvalue weighted by Gasteiger charge is 2.14. The van der Waals surface area contributed by atoms with Crippen molar-refractivity contribution < 1.29 is 10.0 Å². The van der Waals surface area contributed by atoms with Gasteiger partial charge in [0.2, 0.25) is 0 Å². The van der Waals surface area contributed by atoms with E-state index in [1.165, 1.54) is 23.7 Å². The van der Waals surface area contributed by atoms with Crippen LogP contribution in [0.2, 0.25) is 0 Å². The Bertz CT molecular complexity index is 529. The van der Waals surface area contributed by atoms with Gasteiger partial charge in [0.1, 0.15) is 11.4 Å². The van der Waals surface area contributed by atoms with Crippen molar-refractivity contribution in [3.8, 4) is 5.75 Å². The Morgan fingerprint density at radius 3 is 3.00 bits per heavy atom. The summed E-state index contributed by atoms with van der Waals surface area (Å²) in [4.78, 5) is 10.2. The molecule has 88 valence electrons. The average Bonchev–Trinajstić information content (AvgIpc) is 2.80. The molecule has 0 aliphatic rings. The van der Waals surface area contributed by atoms with E-state index in [-0.39, 0.29) is 11.4 Å². The van der Waals surface area contributed by atoms with E-state index in [1.807, 2.05) is 0 Å². The van der Waals surface area contributed by atoms with Crippen LogP contribution in [0.5, 0.6) is 5.75 Å². The summed E-state index contributed by atoms with van der Waals surface area (Å²) in [6, 6.07) is 3.93. The molecule has 2 N–H and O–H groups in total. The molecular formula is C9H8N4O3S. The van der Waals surface area contributed by atoms with E-state index in [2.05, 4.69) is 14.9 Å². The lowest BCUT2D eigenvalue weighted by Crippen LogP contribution is -2.02. The fourth-order valence-electron chi connectivity index (χ4n) is 1.27. The van der Waals surface area contributed by atoms with Crippen LogP contribution in [-0.4, -0.2) is 19.6 Å². The quantitative estimate of drug-likeness (QED) is 0.488. The molecule has 0 fully saturated rings. The number of phenols is 1. The van der Waals surface area contributed by atoms with Crippen molar-refractivity contribution >= 4 is 22.9 Å². The molecule has 1 aromatic heterocycles. The number of hydrogen-bond acceptors (Lipinski definition) is 7. The molecule has 8 heteroatoms. The van der Waals surface area contributed by atoms with Crippen LogP contribution in [0, 0.1) is 10.1 Å². The van der Waals surface area contributed by atoms with Gasteiger partial charge in [-0.25, -0.2) is 0 Å². The lowest BCUT2D eigenvalue weighted by molar-refractivity contribution is -0.384. The van der Waals surface area contributed by atoms with E-state index < -0.39 is 4.92 Å². The lowest BCUT2D eigenvalue weighted by Gasteiger charge is -2.05. The van der Waals surface area contributed by atoms with Gasteiger partial charge in [0.25, 0.3) is 5.69 Å². The molecule has 1 heterocycles. The number of aromatic hydroxyl groups is 1. The van der Waals surface area contributed by atoms with Crippen LogP contribution in [0.1, 0.15) is 5.69 Å². The average molecular weight is 252 g/mol. The minimum atomic E-state index is -0.554. The molecule has 0 saturated carbocycles. The Balaban J connectivity index is 2.17. The molecule has 0 amide bonds. The van der Waals surface area contributed by atoms with Gasteiger partial charge >= 0.3 is 0 Å². The second-order valence-electron chi connectivity index (χ2n) is 3.21. The predicted octanol–water partition coefficient (Wildman–Crippen LogP) is 1.76. The van der Waals surface area contributed by atoms with Crippen molar-refractivity contribution in [1.82, 2.24) is 9.59 Å². The van der Waals surface area contributed by atoms with Crippen molar-refractivity contribution in [1.29, 1.82) is 0 Å². The summed E-state index contributed by atoms with van der Waals surface area (Å²) < 4.78 is 3.68. The second kappa shape index (κ2) is 4.74. The Kier molecular flexibility index (Phi) is 3.15. The predicted molar refractivity (Wildman–Crippen MR) is 62.0 cm³/mol. The van der Waals surface area contributed by atoms with Gasteiger partial charge in [-0.3, -0.25) is 10.1 Å². The van der Waals surface area contributed by atoms with Crippen molar-refractivity contribution in [3.05, 3.63) is 39.4 Å². The summed E-state index contributed by atoms with van der Waals surface area (Å²) in [6.45, 7) is 0.349. The third kappa shape index (κ3) is 2.67. The van der Waals surface area contributed by atoms with Gasteiger partial charge in [-0.2, -0.15) is 0 Å². The van der Waals surface area contributed by atoms with Crippen molar-refractivity contribution in [2.75, 3.05) is 5.32 Å². The van der Waals surface area contributed by atoms with Crippen LogP contribution in [0.15, 0.2) is 23.6 Å². The highest BCUT2D eigenvalue weighted by atomic mass is 32.1. The van der Waals surface area contributed by atoms with Crippen LogP contribution in [-0.2, 0) is 6.54 Å². The van der Waals surface area contributed by atoms with Crippen molar-refractivity contribution in [2.45, 2.75) is 6.54 Å². The Hall–Kier alpha value is -2.22. The molecule has 2 aromatic rings. The number of benzene rings is 1. The molecular weight excluding hydrogens is 244 g/mol. The minimum absolute atomic E-state index is 0.141. The number of nitro groups is 1. The molecule has 0 atom stereocenters. The molecule has 2 rings (SSSR count). The lowest BCUT2D eigenvalue weighted by atomic mass is 10.2. The summed E-state index contributed by atoms with van der Waals surface area (Å²) in [7, 11) is 0. The number of aromatic nitrogens is 2. The molecule has 7 nitrogen and oxygen atoms in total. The molecule has 0 aliphatic carbocycles. The minimum Gasteiger partial charge on any atom is -0.508 e. The summed E-state index contributed by atoms with van der Waals surface area (Å²) in [5.74, 6) is -0.141. The summed E-state index contributed by atoms with van der Waals surface area (Å²) >= 11 is 1.21. The molecule has 0 unspecified atom stereocenters. The number of nitrogens with zero attached hydrogens (tertiary/aromatic N) is 3. The van der Waals surface area contributed by atoms with E-state index in [1.54, 1.807) is 5.38 Å². The van der Waals surface area contributed by atoms with Gasteiger partial charge in [0.05, 0.1) is 23.2 Å². The zero-order valence-electron chi connectivity index (χ0n) is 8.53. The van der Waals surface area contributed by atoms with E-state index >= 15 is 0 Å². The van der Waals surface area contributed by atoms with Gasteiger partial charge in [-0.05, 0) is 23.7 Å². The SMILES string of the molecule is O=[N+]([O-])c1cc(O)ccc1NCc1csnn1. The first-order valence-corrected chi connectivity index (χ1v) is 5.47. The first-order valence-electron chi connectivity index (χ1n) is 4.64. The van der Waals surface area contributed by atoms with Gasteiger partial charge in [-0.1, -0.05) is 4.49 Å². The highest BCUT2D eigenvalue weighted by molar-refractivity contribution is 7.03. The van der Waals surface area contributed by atoms with E-state index in [0.717, 1.165) is 6.07 Å². The zero-order chi connectivity index (χ0) is 12.3. The maximum atomic E-state index is 10.8. The van der Waals surface area contributed by atoms with Crippen molar-refractivity contribution in [3.63, 3.8) is 0 Å². The van der Waals surface area contributed by atoms with Crippen LogP contribution >= 0.6 is 11.5 Å². The van der Waals surface area contributed by atoms with E-state index in [9.17, 15) is 15.2 Å². The normalized spacial score (nSPS) is 10.1.